The van der Waals surface area contributed by atoms with Crippen molar-refractivity contribution in [1.82, 2.24) is 0 Å². The van der Waals surface area contributed by atoms with Gasteiger partial charge < -0.3 is 55.1 Å². The van der Waals surface area contributed by atoms with Crippen LogP contribution in [0, 0.1) is 0 Å². The minimum atomic E-state index is -1.76. The van der Waals surface area contributed by atoms with Gasteiger partial charge in [0.15, 0.2) is 12.6 Å². The fourth-order valence-corrected chi connectivity index (χ4v) is 2.56. The van der Waals surface area contributed by atoms with E-state index in [1.807, 2.05) is 0 Å². The predicted octanol–water partition coefficient (Wildman–Crippen LogP) is -5.40. The summed E-state index contributed by atoms with van der Waals surface area (Å²) in [5.74, 6) is 0. The van der Waals surface area contributed by atoms with Gasteiger partial charge in [-0.15, -0.1) is 0 Å². The third-order valence-electron chi connectivity index (χ3n) is 3.98. The molecule has 0 amide bonds. The van der Waals surface area contributed by atoms with Crippen LogP contribution in [0.3, 0.4) is 0 Å². The molecule has 0 radical (unpaired) electrons. The number of aliphatic hydroxyl groups is 8. The first-order valence-electron chi connectivity index (χ1n) is 7.08. The topological polar surface area (TPSA) is 190 Å². The summed E-state index contributed by atoms with van der Waals surface area (Å²) >= 11 is 0. The molecular weight excluding hydrogens is 320 g/mol. The van der Waals surface area contributed by atoms with Crippen molar-refractivity contribution in [1.29, 1.82) is 0 Å². The Bertz CT molecular complexity index is 380. The lowest BCUT2D eigenvalue weighted by atomic mass is 9.97. The first kappa shape index (κ1) is 18.9. The van der Waals surface area contributed by atoms with Crippen molar-refractivity contribution < 1.29 is 55.1 Å². The maximum atomic E-state index is 10.00. The molecular formula is C12H22O11. The average molecular weight is 342 g/mol. The summed E-state index contributed by atoms with van der Waals surface area (Å²) in [4.78, 5) is 0. The fraction of sp³-hybridized carbons (Fsp3) is 1.00. The molecule has 23 heavy (non-hydrogen) atoms. The number of ether oxygens (including phenoxy) is 3. The second kappa shape index (κ2) is 7.63. The van der Waals surface area contributed by atoms with Gasteiger partial charge in [-0.2, -0.15) is 0 Å². The molecule has 136 valence electrons. The molecule has 0 saturated carbocycles. The van der Waals surface area contributed by atoms with E-state index in [1.54, 1.807) is 0 Å². The first-order valence-corrected chi connectivity index (χ1v) is 7.08. The standard InChI is InChI=1S/C12H22O11/c13-1-3-5(15)7(17)8(18)12(22-3)23-10-6(16)4(2-14)21-11(20)9(10)19/h3-20H,1-2H2/t3?,4?,5-,6-,7-,8?,9?,10-,11?,12+/m0/s1. The van der Waals surface area contributed by atoms with Gasteiger partial charge in [-0.1, -0.05) is 0 Å². The van der Waals surface area contributed by atoms with E-state index in [0.29, 0.717) is 0 Å². The normalized spacial score (nSPS) is 51.7. The highest BCUT2D eigenvalue weighted by molar-refractivity contribution is 4.93. The van der Waals surface area contributed by atoms with Crippen molar-refractivity contribution >= 4 is 0 Å². The molecule has 0 spiro atoms. The maximum Gasteiger partial charge on any atom is 0.187 e. The Labute approximate surface area is 130 Å². The summed E-state index contributed by atoms with van der Waals surface area (Å²) in [6.45, 7) is -1.34. The zero-order chi connectivity index (χ0) is 17.3. The van der Waals surface area contributed by atoms with Crippen molar-refractivity contribution in [3.05, 3.63) is 0 Å². The Morgan fingerprint density at radius 3 is 1.78 bits per heavy atom. The molecule has 0 aliphatic carbocycles. The van der Waals surface area contributed by atoms with E-state index in [9.17, 15) is 30.6 Å². The number of rotatable bonds is 4. The van der Waals surface area contributed by atoms with Crippen molar-refractivity contribution in [2.45, 2.75) is 61.4 Å². The van der Waals surface area contributed by atoms with Crippen LogP contribution in [-0.4, -0.2) is 115 Å². The lowest BCUT2D eigenvalue weighted by Gasteiger charge is -2.45. The predicted molar refractivity (Wildman–Crippen MR) is 68.6 cm³/mol. The molecule has 0 aromatic rings. The quantitative estimate of drug-likeness (QED) is 0.243. The monoisotopic (exact) mass is 342 g/mol. The van der Waals surface area contributed by atoms with Crippen LogP contribution in [0.15, 0.2) is 0 Å². The molecule has 2 aliphatic rings. The number of aliphatic hydroxyl groups excluding tert-OH is 8. The Kier molecular flexibility index (Phi) is 6.27. The molecule has 11 heteroatoms. The fourth-order valence-electron chi connectivity index (χ4n) is 2.56. The van der Waals surface area contributed by atoms with Crippen LogP contribution < -0.4 is 0 Å². The van der Waals surface area contributed by atoms with E-state index in [0.717, 1.165) is 0 Å². The van der Waals surface area contributed by atoms with Gasteiger partial charge in [-0.05, 0) is 0 Å². The van der Waals surface area contributed by atoms with Gasteiger partial charge in [-0.25, -0.2) is 0 Å². The Hall–Kier alpha value is -0.440. The molecule has 2 fully saturated rings. The van der Waals surface area contributed by atoms with Crippen molar-refractivity contribution in [2.75, 3.05) is 13.2 Å². The van der Waals surface area contributed by atoms with E-state index in [4.69, 9.17) is 24.4 Å². The zero-order valence-corrected chi connectivity index (χ0v) is 12.0. The molecule has 8 N–H and O–H groups in total. The molecule has 0 aromatic heterocycles. The molecule has 11 nitrogen and oxygen atoms in total. The highest BCUT2D eigenvalue weighted by Crippen LogP contribution is 2.28. The molecule has 2 heterocycles. The molecule has 2 aliphatic heterocycles. The van der Waals surface area contributed by atoms with E-state index in [1.165, 1.54) is 0 Å². The summed E-state index contributed by atoms with van der Waals surface area (Å²) in [6, 6.07) is 0. The van der Waals surface area contributed by atoms with E-state index in [2.05, 4.69) is 0 Å². The SMILES string of the molecule is OCC1O[C@H](O[C@@H]2C(O)C(O)OC(CO)[C@@H]2O)C(O)[C@@H](O)[C@H]1O. The second-order valence-electron chi connectivity index (χ2n) is 5.53. The third-order valence-corrected chi connectivity index (χ3v) is 3.98. The second-order valence-corrected chi connectivity index (χ2v) is 5.53. The Balaban J connectivity index is 2.11. The van der Waals surface area contributed by atoms with Crippen LogP contribution in [0.1, 0.15) is 0 Å². The first-order chi connectivity index (χ1) is 10.8. The Morgan fingerprint density at radius 1 is 0.652 bits per heavy atom. The summed E-state index contributed by atoms with van der Waals surface area (Å²) in [7, 11) is 0. The van der Waals surface area contributed by atoms with Crippen molar-refractivity contribution in [3.63, 3.8) is 0 Å². The van der Waals surface area contributed by atoms with Gasteiger partial charge in [0.1, 0.15) is 48.8 Å². The van der Waals surface area contributed by atoms with Crippen molar-refractivity contribution in [2.24, 2.45) is 0 Å². The zero-order valence-electron chi connectivity index (χ0n) is 12.0. The van der Waals surface area contributed by atoms with Crippen LogP contribution in [-0.2, 0) is 14.2 Å². The largest absolute Gasteiger partial charge is 0.394 e. The van der Waals surface area contributed by atoms with Gasteiger partial charge in [0.05, 0.1) is 13.2 Å². The van der Waals surface area contributed by atoms with Crippen LogP contribution in [0.2, 0.25) is 0 Å². The molecule has 2 rings (SSSR count). The smallest absolute Gasteiger partial charge is 0.187 e. The molecule has 5 unspecified atom stereocenters. The van der Waals surface area contributed by atoms with E-state index >= 15 is 0 Å². The third kappa shape index (κ3) is 3.65. The Morgan fingerprint density at radius 2 is 1.22 bits per heavy atom. The highest BCUT2D eigenvalue weighted by Gasteiger charge is 2.50. The van der Waals surface area contributed by atoms with Crippen LogP contribution in [0.4, 0.5) is 0 Å². The molecule has 10 atom stereocenters. The molecule has 2 saturated heterocycles. The minimum absolute atomic E-state index is 0.667. The molecule has 0 bridgehead atoms. The van der Waals surface area contributed by atoms with Gasteiger partial charge in [0, 0.05) is 0 Å². The van der Waals surface area contributed by atoms with Gasteiger partial charge in [-0.3, -0.25) is 0 Å². The maximum absolute atomic E-state index is 10.00. The number of hydrogen-bond acceptors (Lipinski definition) is 11. The summed E-state index contributed by atoms with van der Waals surface area (Å²) in [6.07, 6.45) is -15.7. The highest BCUT2D eigenvalue weighted by atomic mass is 16.7. The summed E-state index contributed by atoms with van der Waals surface area (Å²) in [5.41, 5.74) is 0. The lowest BCUT2D eigenvalue weighted by Crippen LogP contribution is -2.64. The van der Waals surface area contributed by atoms with Gasteiger partial charge in [0.25, 0.3) is 0 Å². The summed E-state index contributed by atoms with van der Waals surface area (Å²) < 4.78 is 15.1. The van der Waals surface area contributed by atoms with E-state index in [-0.39, 0.29) is 0 Å². The van der Waals surface area contributed by atoms with Crippen LogP contribution in [0.5, 0.6) is 0 Å². The van der Waals surface area contributed by atoms with E-state index < -0.39 is 74.6 Å². The summed E-state index contributed by atoms with van der Waals surface area (Å²) in [5, 5.41) is 76.8. The molecule has 0 aromatic carbocycles. The van der Waals surface area contributed by atoms with Gasteiger partial charge in [0.2, 0.25) is 0 Å². The average Bonchev–Trinajstić information content (AvgIpc) is 2.54. The number of hydrogen-bond donors (Lipinski definition) is 8. The van der Waals surface area contributed by atoms with Crippen molar-refractivity contribution in [3.8, 4) is 0 Å². The minimum Gasteiger partial charge on any atom is -0.394 e. The van der Waals surface area contributed by atoms with Gasteiger partial charge >= 0.3 is 0 Å². The lowest BCUT2D eigenvalue weighted by molar-refractivity contribution is -0.355. The van der Waals surface area contributed by atoms with Crippen LogP contribution >= 0.6 is 0 Å². The van der Waals surface area contributed by atoms with Crippen LogP contribution in [0.25, 0.3) is 0 Å².